The molecule has 3 rings (SSSR count). The first kappa shape index (κ1) is 14.7. The maximum Gasteiger partial charge on any atom is 0.221 e. The predicted molar refractivity (Wildman–Crippen MR) is 87.8 cm³/mol. The number of thiazole rings is 1. The molecule has 1 saturated heterocycles. The van der Waals surface area contributed by atoms with E-state index in [9.17, 15) is 4.79 Å². The van der Waals surface area contributed by atoms with Crippen LogP contribution in [0.1, 0.15) is 12.1 Å². The fourth-order valence-corrected chi connectivity index (χ4v) is 3.78. The number of benzene rings is 1. The molecule has 1 unspecified atom stereocenters. The molecule has 0 bridgehead atoms. The van der Waals surface area contributed by atoms with E-state index in [1.165, 1.54) is 0 Å². The lowest BCUT2D eigenvalue weighted by atomic mass is 10.1. The standard InChI is InChI=1S/C15H16BrN3OS/c16-12-3-1-2-10(6-12)15-18-13(9-21-15)8-19-5-4-11(7-19)14(17)20/h1-3,6,9,11H,4-5,7-8H2,(H2,17,20). The number of carbonyl (C=O) groups is 1. The molecule has 0 saturated carbocycles. The number of nitrogens with zero attached hydrogens (tertiary/aromatic N) is 2. The molecule has 1 aromatic heterocycles. The third kappa shape index (κ3) is 3.51. The molecule has 2 aromatic rings. The van der Waals surface area contributed by atoms with Crippen molar-refractivity contribution in [1.29, 1.82) is 0 Å². The fourth-order valence-electron chi connectivity index (χ4n) is 2.57. The van der Waals surface area contributed by atoms with Gasteiger partial charge < -0.3 is 5.73 Å². The van der Waals surface area contributed by atoms with Gasteiger partial charge in [0.1, 0.15) is 5.01 Å². The topological polar surface area (TPSA) is 59.2 Å². The van der Waals surface area contributed by atoms with Gasteiger partial charge in [-0.1, -0.05) is 28.1 Å². The Morgan fingerprint density at radius 2 is 2.38 bits per heavy atom. The quantitative estimate of drug-likeness (QED) is 0.905. The number of hydrogen-bond acceptors (Lipinski definition) is 4. The Balaban J connectivity index is 1.67. The molecule has 1 atom stereocenters. The number of rotatable bonds is 4. The van der Waals surface area contributed by atoms with Gasteiger partial charge in [-0.3, -0.25) is 9.69 Å². The summed E-state index contributed by atoms with van der Waals surface area (Å²) in [6.45, 7) is 2.45. The molecule has 6 heteroatoms. The van der Waals surface area contributed by atoms with E-state index in [-0.39, 0.29) is 11.8 Å². The fraction of sp³-hybridized carbons (Fsp3) is 0.333. The van der Waals surface area contributed by atoms with Crippen molar-refractivity contribution in [3.63, 3.8) is 0 Å². The highest BCUT2D eigenvalue weighted by Gasteiger charge is 2.26. The van der Waals surface area contributed by atoms with E-state index < -0.39 is 0 Å². The zero-order chi connectivity index (χ0) is 14.8. The maximum atomic E-state index is 11.2. The number of aromatic nitrogens is 1. The van der Waals surface area contributed by atoms with Crippen molar-refractivity contribution in [3.05, 3.63) is 39.8 Å². The van der Waals surface area contributed by atoms with Gasteiger partial charge in [0.15, 0.2) is 0 Å². The number of halogens is 1. The average molecular weight is 366 g/mol. The lowest BCUT2D eigenvalue weighted by Crippen LogP contribution is -2.27. The number of hydrogen-bond donors (Lipinski definition) is 1. The third-order valence-corrected chi connectivity index (χ3v) is 5.12. The van der Waals surface area contributed by atoms with Crippen molar-refractivity contribution in [2.24, 2.45) is 11.7 Å². The van der Waals surface area contributed by atoms with Crippen molar-refractivity contribution < 1.29 is 4.79 Å². The van der Waals surface area contributed by atoms with Gasteiger partial charge in [-0.25, -0.2) is 4.98 Å². The number of nitrogens with two attached hydrogens (primary N) is 1. The number of primary amides is 1. The summed E-state index contributed by atoms with van der Waals surface area (Å²) < 4.78 is 1.06. The smallest absolute Gasteiger partial charge is 0.221 e. The molecule has 1 amide bonds. The van der Waals surface area contributed by atoms with E-state index in [0.717, 1.165) is 46.8 Å². The van der Waals surface area contributed by atoms with Crippen molar-refractivity contribution in [1.82, 2.24) is 9.88 Å². The summed E-state index contributed by atoms with van der Waals surface area (Å²) in [5.41, 5.74) is 7.54. The van der Waals surface area contributed by atoms with Gasteiger partial charge in [0, 0.05) is 28.5 Å². The maximum absolute atomic E-state index is 11.2. The second kappa shape index (κ2) is 6.25. The summed E-state index contributed by atoms with van der Waals surface area (Å²) in [5.74, 6) is -0.196. The van der Waals surface area contributed by atoms with Gasteiger partial charge >= 0.3 is 0 Å². The first-order valence-electron chi connectivity index (χ1n) is 6.84. The molecule has 110 valence electrons. The first-order chi connectivity index (χ1) is 10.1. The van der Waals surface area contributed by atoms with Crippen LogP contribution < -0.4 is 5.73 Å². The lowest BCUT2D eigenvalue weighted by Gasteiger charge is -2.13. The largest absolute Gasteiger partial charge is 0.369 e. The SMILES string of the molecule is NC(=O)C1CCN(Cc2csc(-c3cccc(Br)c3)n2)C1. The van der Waals surface area contributed by atoms with Crippen LogP contribution in [-0.4, -0.2) is 28.9 Å². The van der Waals surface area contributed by atoms with E-state index in [4.69, 9.17) is 10.7 Å². The van der Waals surface area contributed by atoms with Crippen LogP contribution in [0.2, 0.25) is 0 Å². The highest BCUT2D eigenvalue weighted by molar-refractivity contribution is 9.10. The Labute approximate surface area is 136 Å². The molecule has 1 aliphatic rings. The molecule has 2 heterocycles. The molecule has 21 heavy (non-hydrogen) atoms. The van der Waals surface area contributed by atoms with E-state index in [0.29, 0.717) is 0 Å². The van der Waals surface area contributed by atoms with Crippen molar-refractivity contribution in [2.45, 2.75) is 13.0 Å². The summed E-state index contributed by atoms with van der Waals surface area (Å²) in [7, 11) is 0. The molecule has 0 radical (unpaired) electrons. The minimum atomic E-state index is -0.189. The predicted octanol–water partition coefficient (Wildman–Crippen LogP) is 2.88. The summed E-state index contributed by atoms with van der Waals surface area (Å²) in [4.78, 5) is 18.1. The Kier molecular flexibility index (Phi) is 4.37. The van der Waals surface area contributed by atoms with Crippen molar-refractivity contribution >= 4 is 33.2 Å². The molecule has 4 nitrogen and oxygen atoms in total. The molecule has 0 aliphatic carbocycles. The van der Waals surface area contributed by atoms with Crippen molar-refractivity contribution in [2.75, 3.05) is 13.1 Å². The summed E-state index contributed by atoms with van der Waals surface area (Å²) >= 11 is 5.13. The highest BCUT2D eigenvalue weighted by Crippen LogP contribution is 2.27. The number of carbonyl (C=O) groups excluding carboxylic acids is 1. The van der Waals surface area contributed by atoms with Gasteiger partial charge in [-0.2, -0.15) is 0 Å². The Morgan fingerprint density at radius 3 is 3.10 bits per heavy atom. The summed E-state index contributed by atoms with van der Waals surface area (Å²) in [5, 5.41) is 3.12. The molecule has 2 N–H and O–H groups in total. The number of likely N-dealkylation sites (tertiary alicyclic amines) is 1. The second-order valence-corrected chi connectivity index (χ2v) is 7.05. The number of amides is 1. The van der Waals surface area contributed by atoms with Gasteiger partial charge in [-0.05, 0) is 25.1 Å². The Hall–Kier alpha value is -1.24. The highest BCUT2D eigenvalue weighted by atomic mass is 79.9. The van der Waals surface area contributed by atoms with Gasteiger partial charge in [0.05, 0.1) is 11.6 Å². The van der Waals surface area contributed by atoms with E-state index >= 15 is 0 Å². The van der Waals surface area contributed by atoms with Crippen LogP contribution in [0.5, 0.6) is 0 Å². The minimum absolute atomic E-state index is 0.00631. The lowest BCUT2D eigenvalue weighted by molar-refractivity contribution is -0.121. The van der Waals surface area contributed by atoms with Crippen LogP contribution >= 0.6 is 27.3 Å². The zero-order valence-corrected chi connectivity index (χ0v) is 13.9. The minimum Gasteiger partial charge on any atom is -0.369 e. The molecular weight excluding hydrogens is 350 g/mol. The van der Waals surface area contributed by atoms with Gasteiger partial charge in [0.2, 0.25) is 5.91 Å². The van der Waals surface area contributed by atoms with E-state index in [1.54, 1.807) is 11.3 Å². The van der Waals surface area contributed by atoms with Gasteiger partial charge in [-0.15, -0.1) is 11.3 Å². The van der Waals surface area contributed by atoms with Crippen LogP contribution in [0, 0.1) is 5.92 Å². The molecule has 1 aliphatic heterocycles. The average Bonchev–Trinajstić information content (AvgIpc) is 3.08. The van der Waals surface area contributed by atoms with Crippen LogP contribution in [0.25, 0.3) is 10.6 Å². The summed E-state index contributed by atoms with van der Waals surface area (Å²) in [6.07, 6.45) is 0.859. The zero-order valence-electron chi connectivity index (χ0n) is 11.5. The monoisotopic (exact) mass is 365 g/mol. The first-order valence-corrected chi connectivity index (χ1v) is 8.51. The normalized spacial score (nSPS) is 19.0. The van der Waals surface area contributed by atoms with Crippen molar-refractivity contribution in [3.8, 4) is 10.6 Å². The van der Waals surface area contributed by atoms with Crippen LogP contribution in [0.3, 0.4) is 0 Å². The third-order valence-electron chi connectivity index (χ3n) is 3.68. The van der Waals surface area contributed by atoms with E-state index in [1.807, 2.05) is 12.1 Å². The van der Waals surface area contributed by atoms with E-state index in [2.05, 4.69) is 38.3 Å². The van der Waals surface area contributed by atoms with Crippen LogP contribution in [0.4, 0.5) is 0 Å². The van der Waals surface area contributed by atoms with Gasteiger partial charge in [0.25, 0.3) is 0 Å². The molecule has 0 spiro atoms. The van der Waals surface area contributed by atoms with Crippen LogP contribution in [0.15, 0.2) is 34.1 Å². The molecule has 1 fully saturated rings. The van der Waals surface area contributed by atoms with Crippen LogP contribution in [-0.2, 0) is 11.3 Å². The Bertz CT molecular complexity index is 658. The Morgan fingerprint density at radius 1 is 1.52 bits per heavy atom. The second-order valence-electron chi connectivity index (χ2n) is 5.28. The molecular formula is C15H16BrN3OS. The molecule has 1 aromatic carbocycles. The summed E-state index contributed by atoms with van der Waals surface area (Å²) in [6, 6.07) is 8.15.